The Labute approximate surface area is 148 Å². The molecule has 0 aliphatic heterocycles. The van der Waals surface area contributed by atoms with Crippen molar-refractivity contribution in [2.45, 2.75) is 19.9 Å². The lowest BCUT2D eigenvalue weighted by atomic mass is 10.1. The van der Waals surface area contributed by atoms with E-state index in [-0.39, 0.29) is 0 Å². The standard InChI is InChI=1S/C20H22ClN3/c1-15-4-2-5-16(12-15)14-22-9-3-10-23-19-8-11-24-20-13-17(21)6-7-18(19)20/h2,4-8,11-13,22H,3,9-10,14H2,1H3,(H,23,24). The van der Waals surface area contributed by atoms with Crippen LogP contribution in [0.5, 0.6) is 0 Å². The Morgan fingerprint density at radius 3 is 2.83 bits per heavy atom. The van der Waals surface area contributed by atoms with Gasteiger partial charge in [-0.3, -0.25) is 4.98 Å². The molecule has 0 unspecified atom stereocenters. The van der Waals surface area contributed by atoms with Crippen molar-refractivity contribution in [1.82, 2.24) is 10.3 Å². The number of aromatic nitrogens is 1. The van der Waals surface area contributed by atoms with Gasteiger partial charge in [-0.05, 0) is 49.7 Å². The predicted octanol–water partition coefficient (Wildman–Crippen LogP) is 4.79. The summed E-state index contributed by atoms with van der Waals surface area (Å²) >= 11 is 6.02. The van der Waals surface area contributed by atoms with Crippen LogP contribution in [0, 0.1) is 6.92 Å². The van der Waals surface area contributed by atoms with Gasteiger partial charge in [-0.1, -0.05) is 41.4 Å². The SMILES string of the molecule is Cc1cccc(CNCCCNc2ccnc3cc(Cl)ccc23)c1. The van der Waals surface area contributed by atoms with Crippen molar-refractivity contribution < 1.29 is 0 Å². The van der Waals surface area contributed by atoms with E-state index in [1.165, 1.54) is 11.1 Å². The van der Waals surface area contributed by atoms with Crippen molar-refractivity contribution in [3.8, 4) is 0 Å². The van der Waals surface area contributed by atoms with E-state index in [2.05, 4.69) is 46.8 Å². The van der Waals surface area contributed by atoms with Crippen molar-refractivity contribution >= 4 is 28.2 Å². The molecule has 0 amide bonds. The summed E-state index contributed by atoms with van der Waals surface area (Å²) in [5, 5.41) is 8.80. The summed E-state index contributed by atoms with van der Waals surface area (Å²) in [6.45, 7) is 4.94. The van der Waals surface area contributed by atoms with E-state index in [0.29, 0.717) is 5.02 Å². The van der Waals surface area contributed by atoms with Gasteiger partial charge in [-0.2, -0.15) is 0 Å². The fourth-order valence-corrected chi connectivity index (χ4v) is 2.93. The lowest BCUT2D eigenvalue weighted by Crippen LogP contribution is -2.17. The number of rotatable bonds is 7. The molecule has 0 bridgehead atoms. The maximum Gasteiger partial charge on any atom is 0.0737 e. The first-order valence-corrected chi connectivity index (χ1v) is 8.64. The minimum atomic E-state index is 0.715. The van der Waals surface area contributed by atoms with Crippen molar-refractivity contribution in [2.24, 2.45) is 0 Å². The van der Waals surface area contributed by atoms with Gasteiger partial charge in [0.05, 0.1) is 5.52 Å². The minimum absolute atomic E-state index is 0.715. The first-order chi connectivity index (χ1) is 11.7. The summed E-state index contributed by atoms with van der Waals surface area (Å²) in [4.78, 5) is 4.36. The number of fused-ring (bicyclic) bond motifs is 1. The Kier molecular flexibility index (Phi) is 5.68. The molecule has 0 fully saturated rings. The highest BCUT2D eigenvalue weighted by Crippen LogP contribution is 2.24. The number of hydrogen-bond donors (Lipinski definition) is 2. The second-order valence-electron chi connectivity index (χ2n) is 5.97. The number of aryl methyl sites for hydroxylation is 1. The third kappa shape index (κ3) is 4.47. The van der Waals surface area contributed by atoms with E-state index in [9.17, 15) is 0 Å². The molecule has 0 spiro atoms. The number of nitrogens with zero attached hydrogens (tertiary/aromatic N) is 1. The van der Waals surface area contributed by atoms with Crippen LogP contribution in [0.15, 0.2) is 54.7 Å². The van der Waals surface area contributed by atoms with Gasteiger partial charge in [0.2, 0.25) is 0 Å². The molecular weight excluding hydrogens is 318 g/mol. The maximum atomic E-state index is 6.02. The first-order valence-electron chi connectivity index (χ1n) is 8.27. The van der Waals surface area contributed by atoms with Crippen molar-refractivity contribution in [2.75, 3.05) is 18.4 Å². The molecule has 0 saturated carbocycles. The fraction of sp³-hybridized carbons (Fsp3) is 0.250. The van der Waals surface area contributed by atoms with E-state index in [1.807, 2.05) is 30.5 Å². The quantitative estimate of drug-likeness (QED) is 0.608. The molecule has 3 aromatic rings. The zero-order valence-electron chi connectivity index (χ0n) is 13.8. The van der Waals surface area contributed by atoms with Crippen LogP contribution in [-0.4, -0.2) is 18.1 Å². The van der Waals surface area contributed by atoms with E-state index in [4.69, 9.17) is 11.6 Å². The van der Waals surface area contributed by atoms with Crippen LogP contribution in [0.3, 0.4) is 0 Å². The highest BCUT2D eigenvalue weighted by molar-refractivity contribution is 6.31. The van der Waals surface area contributed by atoms with Crippen molar-refractivity contribution in [1.29, 1.82) is 0 Å². The molecule has 1 heterocycles. The zero-order chi connectivity index (χ0) is 16.8. The Hall–Kier alpha value is -2.10. The molecule has 2 aromatic carbocycles. The third-order valence-electron chi connectivity index (χ3n) is 3.96. The van der Waals surface area contributed by atoms with Gasteiger partial charge in [0.1, 0.15) is 0 Å². The highest BCUT2D eigenvalue weighted by atomic mass is 35.5. The molecule has 0 atom stereocenters. The summed E-state index contributed by atoms with van der Waals surface area (Å²) < 4.78 is 0. The molecule has 3 nitrogen and oxygen atoms in total. The monoisotopic (exact) mass is 339 g/mol. The van der Waals surface area contributed by atoms with Gasteiger partial charge in [0, 0.05) is 35.4 Å². The average molecular weight is 340 g/mol. The number of anilines is 1. The number of pyridine rings is 1. The van der Waals surface area contributed by atoms with Crippen molar-refractivity contribution in [3.63, 3.8) is 0 Å². The van der Waals surface area contributed by atoms with Crippen LogP contribution in [0.1, 0.15) is 17.5 Å². The van der Waals surface area contributed by atoms with Crippen LogP contribution in [0.2, 0.25) is 5.02 Å². The Morgan fingerprint density at radius 2 is 1.96 bits per heavy atom. The van der Waals surface area contributed by atoms with Crippen LogP contribution in [-0.2, 0) is 6.54 Å². The maximum absolute atomic E-state index is 6.02. The predicted molar refractivity (Wildman–Crippen MR) is 103 cm³/mol. The topological polar surface area (TPSA) is 37.0 Å². The molecule has 0 aliphatic carbocycles. The number of benzene rings is 2. The molecule has 124 valence electrons. The summed E-state index contributed by atoms with van der Waals surface area (Å²) in [6.07, 6.45) is 2.88. The van der Waals surface area contributed by atoms with Gasteiger partial charge in [-0.25, -0.2) is 0 Å². The van der Waals surface area contributed by atoms with Crippen LogP contribution in [0.4, 0.5) is 5.69 Å². The summed E-state index contributed by atoms with van der Waals surface area (Å²) in [7, 11) is 0. The molecule has 1 aromatic heterocycles. The van der Waals surface area contributed by atoms with E-state index in [1.54, 1.807) is 0 Å². The van der Waals surface area contributed by atoms with Gasteiger partial charge < -0.3 is 10.6 Å². The summed E-state index contributed by atoms with van der Waals surface area (Å²) in [6, 6.07) is 16.4. The molecule has 24 heavy (non-hydrogen) atoms. The van der Waals surface area contributed by atoms with E-state index in [0.717, 1.165) is 42.6 Å². The Morgan fingerprint density at radius 1 is 1.04 bits per heavy atom. The van der Waals surface area contributed by atoms with E-state index >= 15 is 0 Å². The van der Waals surface area contributed by atoms with Gasteiger partial charge in [-0.15, -0.1) is 0 Å². The lowest BCUT2D eigenvalue weighted by molar-refractivity contribution is 0.663. The smallest absolute Gasteiger partial charge is 0.0737 e. The Bertz CT molecular complexity index is 817. The molecule has 0 saturated heterocycles. The highest BCUT2D eigenvalue weighted by Gasteiger charge is 2.02. The second-order valence-corrected chi connectivity index (χ2v) is 6.40. The second kappa shape index (κ2) is 8.13. The van der Waals surface area contributed by atoms with Gasteiger partial charge in [0.15, 0.2) is 0 Å². The molecule has 4 heteroatoms. The third-order valence-corrected chi connectivity index (χ3v) is 4.20. The van der Waals surface area contributed by atoms with Crippen LogP contribution in [0.25, 0.3) is 10.9 Å². The van der Waals surface area contributed by atoms with Crippen LogP contribution < -0.4 is 10.6 Å². The summed E-state index contributed by atoms with van der Waals surface area (Å²) in [5.41, 5.74) is 4.67. The lowest BCUT2D eigenvalue weighted by Gasteiger charge is -2.10. The Balaban J connectivity index is 1.45. The van der Waals surface area contributed by atoms with E-state index < -0.39 is 0 Å². The first kappa shape index (κ1) is 16.7. The van der Waals surface area contributed by atoms with Crippen LogP contribution >= 0.6 is 11.6 Å². The molecular formula is C20H22ClN3. The zero-order valence-corrected chi connectivity index (χ0v) is 14.6. The summed E-state index contributed by atoms with van der Waals surface area (Å²) in [5.74, 6) is 0. The number of nitrogens with one attached hydrogen (secondary N) is 2. The number of halogens is 1. The fourth-order valence-electron chi connectivity index (χ4n) is 2.77. The van der Waals surface area contributed by atoms with Gasteiger partial charge in [0.25, 0.3) is 0 Å². The average Bonchev–Trinajstić information content (AvgIpc) is 2.58. The normalized spacial score (nSPS) is 10.9. The molecule has 0 aliphatic rings. The minimum Gasteiger partial charge on any atom is -0.384 e. The number of hydrogen-bond acceptors (Lipinski definition) is 3. The van der Waals surface area contributed by atoms with Gasteiger partial charge >= 0.3 is 0 Å². The molecule has 0 radical (unpaired) electrons. The largest absolute Gasteiger partial charge is 0.384 e. The molecule has 2 N–H and O–H groups in total. The molecule has 3 rings (SSSR count). The van der Waals surface area contributed by atoms with Crippen molar-refractivity contribution in [3.05, 3.63) is 70.9 Å².